The summed E-state index contributed by atoms with van der Waals surface area (Å²) in [6, 6.07) is 11.5. The number of hydrogen-bond donors (Lipinski definition) is 1. The number of benzene rings is 2. The normalized spacial score (nSPS) is 15.2. The number of rotatable bonds is 6. The van der Waals surface area contributed by atoms with Crippen LogP contribution in [0.5, 0.6) is 5.75 Å². The summed E-state index contributed by atoms with van der Waals surface area (Å²) in [5.41, 5.74) is 0.659. The van der Waals surface area contributed by atoms with E-state index in [0.717, 1.165) is 3.57 Å². The molecule has 150 valence electrons. The molecule has 1 heterocycles. The monoisotopic (exact) mass is 536 g/mol. The molecule has 0 radical (unpaired) electrons. The number of carbonyl (C=O) groups excluding carboxylic acids is 1. The standard InChI is InChI=1S/C18H18ClIN2O5S/c19-16-11-15(28(24,25)22-7-9-26-10-8-22)5-6-17(16)27-12-18(23)21-14-3-1-13(20)2-4-14/h1-6,11H,7-10,12H2,(H,21,23). The van der Waals surface area contributed by atoms with E-state index >= 15 is 0 Å². The van der Waals surface area contributed by atoms with Gasteiger partial charge in [-0.1, -0.05) is 11.6 Å². The predicted molar refractivity (Wildman–Crippen MR) is 114 cm³/mol. The largest absolute Gasteiger partial charge is 0.482 e. The molecule has 2 aromatic rings. The molecule has 1 N–H and O–H groups in total. The highest BCUT2D eigenvalue weighted by atomic mass is 127. The number of sulfonamides is 1. The molecule has 1 saturated heterocycles. The summed E-state index contributed by atoms with van der Waals surface area (Å²) in [5.74, 6) is -0.109. The van der Waals surface area contributed by atoms with E-state index in [1.807, 2.05) is 12.1 Å². The van der Waals surface area contributed by atoms with E-state index in [0.29, 0.717) is 32.0 Å². The molecule has 0 unspecified atom stereocenters. The Balaban J connectivity index is 1.62. The zero-order chi connectivity index (χ0) is 20.1. The van der Waals surface area contributed by atoms with Gasteiger partial charge < -0.3 is 14.8 Å². The van der Waals surface area contributed by atoms with Crippen molar-refractivity contribution in [3.63, 3.8) is 0 Å². The topological polar surface area (TPSA) is 84.9 Å². The fourth-order valence-electron chi connectivity index (χ4n) is 2.57. The lowest BCUT2D eigenvalue weighted by Crippen LogP contribution is -2.40. The number of hydrogen-bond acceptors (Lipinski definition) is 5. The zero-order valence-corrected chi connectivity index (χ0v) is 18.5. The van der Waals surface area contributed by atoms with Crippen LogP contribution in [0.25, 0.3) is 0 Å². The molecule has 3 rings (SSSR count). The van der Waals surface area contributed by atoms with E-state index in [-0.39, 0.29) is 28.2 Å². The maximum atomic E-state index is 12.7. The highest BCUT2D eigenvalue weighted by molar-refractivity contribution is 14.1. The first-order valence-electron chi connectivity index (χ1n) is 8.42. The van der Waals surface area contributed by atoms with Gasteiger partial charge >= 0.3 is 0 Å². The van der Waals surface area contributed by atoms with Gasteiger partial charge in [-0.3, -0.25) is 4.79 Å². The van der Waals surface area contributed by atoms with Crippen molar-refractivity contribution in [3.05, 3.63) is 51.1 Å². The van der Waals surface area contributed by atoms with Crippen LogP contribution in [0, 0.1) is 3.57 Å². The van der Waals surface area contributed by atoms with Crippen molar-refractivity contribution in [1.82, 2.24) is 4.31 Å². The van der Waals surface area contributed by atoms with Gasteiger partial charge in [-0.2, -0.15) is 4.31 Å². The maximum absolute atomic E-state index is 12.7. The molecule has 1 aliphatic heterocycles. The van der Waals surface area contributed by atoms with Gasteiger partial charge in [0.1, 0.15) is 5.75 Å². The molecular formula is C18H18ClIN2O5S. The Labute approximate surface area is 182 Å². The van der Waals surface area contributed by atoms with Crippen molar-refractivity contribution < 1.29 is 22.7 Å². The van der Waals surface area contributed by atoms with Gasteiger partial charge in [-0.25, -0.2) is 8.42 Å². The second kappa shape index (κ2) is 9.40. The molecule has 0 bridgehead atoms. The van der Waals surface area contributed by atoms with Crippen LogP contribution in [0.2, 0.25) is 5.02 Å². The van der Waals surface area contributed by atoms with Crippen molar-refractivity contribution in [3.8, 4) is 5.75 Å². The average molecular weight is 537 g/mol. The average Bonchev–Trinajstić information content (AvgIpc) is 2.69. The van der Waals surface area contributed by atoms with E-state index in [4.69, 9.17) is 21.1 Å². The van der Waals surface area contributed by atoms with Crippen LogP contribution in [0.15, 0.2) is 47.4 Å². The number of nitrogens with zero attached hydrogens (tertiary/aromatic N) is 1. The molecular weight excluding hydrogens is 519 g/mol. The first kappa shape index (κ1) is 21.3. The number of nitrogens with one attached hydrogen (secondary N) is 1. The number of ether oxygens (including phenoxy) is 2. The molecule has 1 fully saturated rings. The quantitative estimate of drug-likeness (QED) is 0.574. The van der Waals surface area contributed by atoms with Gasteiger partial charge in [-0.05, 0) is 65.1 Å². The fourth-order valence-corrected chi connectivity index (χ4v) is 4.66. The summed E-state index contributed by atoms with van der Waals surface area (Å²) in [6.45, 7) is 1.09. The lowest BCUT2D eigenvalue weighted by molar-refractivity contribution is -0.118. The third kappa shape index (κ3) is 5.35. The van der Waals surface area contributed by atoms with Crippen LogP contribution in [0.4, 0.5) is 5.69 Å². The summed E-state index contributed by atoms with van der Waals surface area (Å²) in [4.78, 5) is 12.1. The van der Waals surface area contributed by atoms with Gasteiger partial charge in [0.05, 0.1) is 23.1 Å². The Morgan fingerprint density at radius 2 is 1.86 bits per heavy atom. The molecule has 0 saturated carbocycles. The smallest absolute Gasteiger partial charge is 0.262 e. The van der Waals surface area contributed by atoms with E-state index in [1.54, 1.807) is 12.1 Å². The summed E-state index contributed by atoms with van der Waals surface area (Å²) >= 11 is 8.35. The summed E-state index contributed by atoms with van der Waals surface area (Å²) in [6.07, 6.45) is 0. The minimum absolute atomic E-state index is 0.0788. The lowest BCUT2D eigenvalue weighted by Gasteiger charge is -2.26. The highest BCUT2D eigenvalue weighted by Gasteiger charge is 2.27. The molecule has 0 aliphatic carbocycles. The van der Waals surface area contributed by atoms with Crippen molar-refractivity contribution in [1.29, 1.82) is 0 Å². The molecule has 1 amide bonds. The van der Waals surface area contributed by atoms with Gasteiger partial charge in [0.25, 0.3) is 5.91 Å². The molecule has 10 heteroatoms. The SMILES string of the molecule is O=C(COc1ccc(S(=O)(=O)N2CCOCC2)cc1Cl)Nc1ccc(I)cc1. The van der Waals surface area contributed by atoms with Gasteiger partial charge in [0, 0.05) is 22.3 Å². The minimum atomic E-state index is -3.64. The maximum Gasteiger partial charge on any atom is 0.262 e. The highest BCUT2D eigenvalue weighted by Crippen LogP contribution is 2.29. The Kier molecular flexibility index (Phi) is 7.15. The first-order valence-corrected chi connectivity index (χ1v) is 11.3. The zero-order valence-electron chi connectivity index (χ0n) is 14.7. The molecule has 1 aliphatic rings. The number of carbonyl (C=O) groups is 1. The van der Waals surface area contributed by atoms with Crippen LogP contribution >= 0.6 is 34.2 Å². The van der Waals surface area contributed by atoms with Gasteiger partial charge in [0.2, 0.25) is 10.0 Å². The van der Waals surface area contributed by atoms with Crippen molar-refractivity contribution >= 4 is 55.8 Å². The summed E-state index contributed by atoms with van der Waals surface area (Å²) < 4.78 is 38.3. The Morgan fingerprint density at radius 1 is 1.18 bits per heavy atom. The number of halogens is 2. The van der Waals surface area contributed by atoms with Gasteiger partial charge in [0.15, 0.2) is 6.61 Å². The number of morpholine rings is 1. The van der Waals surface area contributed by atoms with E-state index in [1.165, 1.54) is 22.5 Å². The third-order valence-electron chi connectivity index (χ3n) is 4.00. The third-order valence-corrected chi connectivity index (χ3v) is 6.91. The van der Waals surface area contributed by atoms with Crippen LogP contribution in [-0.2, 0) is 19.6 Å². The van der Waals surface area contributed by atoms with Crippen LogP contribution in [-0.4, -0.2) is 51.5 Å². The van der Waals surface area contributed by atoms with E-state index < -0.39 is 10.0 Å². The molecule has 0 spiro atoms. The lowest BCUT2D eigenvalue weighted by atomic mass is 10.3. The van der Waals surface area contributed by atoms with Crippen molar-refractivity contribution in [2.24, 2.45) is 0 Å². The van der Waals surface area contributed by atoms with Crippen LogP contribution in [0.3, 0.4) is 0 Å². The van der Waals surface area contributed by atoms with Crippen LogP contribution < -0.4 is 10.1 Å². The first-order chi connectivity index (χ1) is 13.4. The molecule has 0 aromatic heterocycles. The second-order valence-corrected chi connectivity index (χ2v) is 9.54. The summed E-state index contributed by atoms with van der Waals surface area (Å²) in [7, 11) is -3.64. The molecule has 0 atom stereocenters. The van der Waals surface area contributed by atoms with Gasteiger partial charge in [-0.15, -0.1) is 0 Å². The number of anilines is 1. The summed E-state index contributed by atoms with van der Waals surface area (Å²) in [5, 5.41) is 2.83. The second-order valence-electron chi connectivity index (χ2n) is 5.95. The minimum Gasteiger partial charge on any atom is -0.482 e. The molecule has 7 nitrogen and oxygen atoms in total. The number of amides is 1. The fraction of sp³-hybridized carbons (Fsp3) is 0.278. The van der Waals surface area contributed by atoms with Crippen molar-refractivity contribution in [2.45, 2.75) is 4.90 Å². The molecule has 28 heavy (non-hydrogen) atoms. The molecule has 2 aromatic carbocycles. The predicted octanol–water partition coefficient (Wildman–Crippen LogP) is 2.98. The Hall–Kier alpha value is -1.40. The van der Waals surface area contributed by atoms with Crippen molar-refractivity contribution in [2.75, 3.05) is 38.2 Å². The Bertz CT molecular complexity index is 947. The van der Waals surface area contributed by atoms with E-state index in [9.17, 15) is 13.2 Å². The van der Waals surface area contributed by atoms with E-state index in [2.05, 4.69) is 27.9 Å². The Morgan fingerprint density at radius 3 is 2.50 bits per heavy atom. The van der Waals surface area contributed by atoms with Crippen LogP contribution in [0.1, 0.15) is 0 Å².